The van der Waals surface area contributed by atoms with Gasteiger partial charge in [0.15, 0.2) is 23.3 Å². The summed E-state index contributed by atoms with van der Waals surface area (Å²) in [7, 11) is 4.10. The molecule has 7 nitrogen and oxygen atoms in total. The molecule has 2 aliphatic rings. The van der Waals surface area contributed by atoms with Gasteiger partial charge in [-0.2, -0.15) is 0 Å². The molecule has 0 bridgehead atoms. The number of rotatable bonds is 7. The van der Waals surface area contributed by atoms with Crippen molar-refractivity contribution in [1.82, 2.24) is 25.1 Å². The Morgan fingerprint density at radius 1 is 1.13 bits per heavy atom. The second-order valence-corrected chi connectivity index (χ2v) is 9.92. The van der Waals surface area contributed by atoms with Gasteiger partial charge in [0.2, 0.25) is 5.91 Å². The molecule has 1 amide bonds. The van der Waals surface area contributed by atoms with Gasteiger partial charge in [-0.1, -0.05) is 0 Å². The first-order valence-electron chi connectivity index (χ1n) is 12.4. The van der Waals surface area contributed by atoms with Crippen molar-refractivity contribution in [3.05, 3.63) is 76.3 Å². The largest absolute Gasteiger partial charge is 0.341 e. The minimum Gasteiger partial charge on any atom is -0.341 e. The van der Waals surface area contributed by atoms with Crippen molar-refractivity contribution >= 4 is 22.7 Å². The van der Waals surface area contributed by atoms with Gasteiger partial charge < -0.3 is 15.2 Å². The normalized spacial score (nSPS) is 20.6. The molecule has 0 fully saturated rings. The number of carbonyl (C=O) groups is 1. The fourth-order valence-corrected chi connectivity index (χ4v) is 5.02. The zero-order chi connectivity index (χ0) is 27.1. The number of aliphatic imine (C=N–C) groups is 1. The number of likely N-dealkylation sites (N-methyl/N-ethyl adjacent to an activating group) is 1. The molecule has 0 aliphatic carbocycles. The highest BCUT2D eigenvalue weighted by Crippen LogP contribution is 2.36. The molecule has 2 aliphatic heterocycles. The summed E-state index contributed by atoms with van der Waals surface area (Å²) in [6.45, 7) is 4.70. The molecule has 2 aromatic carbocycles. The van der Waals surface area contributed by atoms with E-state index in [4.69, 9.17) is 0 Å². The van der Waals surface area contributed by atoms with Crippen LogP contribution in [0, 0.1) is 23.3 Å². The number of fused-ring (bicyclic) bond motifs is 2. The number of nitrogens with zero attached hydrogens (tertiary/aromatic N) is 4. The lowest BCUT2D eigenvalue weighted by molar-refractivity contribution is -0.120. The first-order chi connectivity index (χ1) is 18.1. The van der Waals surface area contributed by atoms with E-state index in [0.29, 0.717) is 11.5 Å². The molecule has 38 heavy (non-hydrogen) atoms. The lowest BCUT2D eigenvalue weighted by Gasteiger charge is -2.23. The number of aromatic amines is 1. The van der Waals surface area contributed by atoms with Gasteiger partial charge in [0, 0.05) is 50.1 Å². The molecular weight excluding hydrogens is 500 g/mol. The van der Waals surface area contributed by atoms with Gasteiger partial charge in [-0.3, -0.25) is 14.7 Å². The smallest absolute Gasteiger partial charge is 0.240 e. The third kappa shape index (κ3) is 4.83. The minimum absolute atomic E-state index is 0.170. The third-order valence-corrected chi connectivity index (χ3v) is 7.14. The average molecular weight is 529 g/mol. The Balaban J connectivity index is 1.39. The second-order valence-electron chi connectivity index (χ2n) is 9.92. The van der Waals surface area contributed by atoms with Crippen molar-refractivity contribution in [3.63, 3.8) is 0 Å². The molecule has 3 heterocycles. The van der Waals surface area contributed by atoms with E-state index in [1.165, 1.54) is 17.3 Å². The molecule has 5 rings (SSSR count). The zero-order valence-corrected chi connectivity index (χ0v) is 21.3. The highest BCUT2D eigenvalue weighted by Gasteiger charge is 2.32. The maximum absolute atomic E-state index is 14.0. The van der Waals surface area contributed by atoms with Crippen LogP contribution in [0.15, 0.2) is 35.5 Å². The summed E-state index contributed by atoms with van der Waals surface area (Å²) in [5, 5.41) is 2.64. The van der Waals surface area contributed by atoms with Crippen LogP contribution in [0.4, 0.5) is 17.6 Å². The molecule has 0 saturated heterocycles. The summed E-state index contributed by atoms with van der Waals surface area (Å²) in [4.78, 5) is 29.6. The first kappa shape index (κ1) is 26.1. The maximum atomic E-state index is 14.0. The van der Waals surface area contributed by atoms with Gasteiger partial charge >= 0.3 is 0 Å². The number of halogens is 4. The van der Waals surface area contributed by atoms with Crippen LogP contribution in [0.3, 0.4) is 0 Å². The summed E-state index contributed by atoms with van der Waals surface area (Å²) in [6.07, 6.45) is 2.61. The van der Waals surface area contributed by atoms with Gasteiger partial charge in [-0.05, 0) is 56.8 Å². The van der Waals surface area contributed by atoms with Crippen LogP contribution in [0.25, 0.3) is 11.0 Å². The van der Waals surface area contributed by atoms with E-state index in [1.54, 1.807) is 6.08 Å². The third-order valence-electron chi connectivity index (χ3n) is 7.14. The van der Waals surface area contributed by atoms with Crippen molar-refractivity contribution in [2.24, 2.45) is 4.99 Å². The molecule has 2 N–H and O–H groups in total. The average Bonchev–Trinajstić information content (AvgIpc) is 3.42. The van der Waals surface area contributed by atoms with Gasteiger partial charge in [0.25, 0.3) is 0 Å². The molecule has 200 valence electrons. The number of amides is 1. The molecular formula is C27H28F4N6O. The Morgan fingerprint density at radius 2 is 1.87 bits per heavy atom. The number of allylic oxidation sites excluding steroid dienone is 1. The Hall–Kier alpha value is -3.57. The van der Waals surface area contributed by atoms with Crippen LogP contribution in [0.5, 0.6) is 0 Å². The Labute approximate surface area is 217 Å². The molecule has 11 heteroatoms. The van der Waals surface area contributed by atoms with Gasteiger partial charge in [0.05, 0.1) is 16.7 Å². The number of nitrogens with one attached hydrogen (secondary N) is 2. The Kier molecular flexibility index (Phi) is 7.06. The molecule has 0 radical (unpaired) electrons. The van der Waals surface area contributed by atoms with E-state index in [-0.39, 0.29) is 31.0 Å². The van der Waals surface area contributed by atoms with Crippen LogP contribution in [0.2, 0.25) is 0 Å². The predicted molar refractivity (Wildman–Crippen MR) is 136 cm³/mol. The second kappa shape index (κ2) is 10.3. The lowest BCUT2D eigenvalue weighted by atomic mass is 9.98. The summed E-state index contributed by atoms with van der Waals surface area (Å²) in [5.74, 6) is -6.69. The van der Waals surface area contributed by atoms with Crippen molar-refractivity contribution in [2.45, 2.75) is 31.8 Å². The summed E-state index contributed by atoms with van der Waals surface area (Å²) < 4.78 is 55.1. The summed E-state index contributed by atoms with van der Waals surface area (Å²) in [5.41, 5.74) is 3.51. The molecule has 0 spiro atoms. The van der Waals surface area contributed by atoms with Crippen LogP contribution < -0.4 is 5.32 Å². The van der Waals surface area contributed by atoms with E-state index in [0.717, 1.165) is 30.7 Å². The molecule has 3 aromatic rings. The number of hydrogen-bond donors (Lipinski definition) is 2. The van der Waals surface area contributed by atoms with Crippen molar-refractivity contribution in [2.75, 3.05) is 33.7 Å². The quantitative estimate of drug-likeness (QED) is 0.360. The Morgan fingerprint density at radius 3 is 2.58 bits per heavy atom. The number of carbonyl (C=O) groups excluding carboxylic acids is 1. The molecule has 2 atom stereocenters. The Bertz CT molecular complexity index is 1440. The standard InChI is InChI=1S/C27H28F4N6O/c1-14-17-11-22-21(10-15(17)13-37(14)9-8-36(2)3)34-26(35-22)23-20(5-7-33-27(23)38)32-6-4-16-24(30)18(28)12-19(29)25(16)31/h5,7,10-12,14,23H,4,6,8-9,13H2,1-3H3,(H,33,38)(H,34,35). The molecule has 0 saturated carbocycles. The van der Waals surface area contributed by atoms with Gasteiger partial charge in [0.1, 0.15) is 11.7 Å². The number of H-pyrrole nitrogens is 1. The van der Waals surface area contributed by atoms with Crippen LogP contribution in [-0.2, 0) is 17.8 Å². The van der Waals surface area contributed by atoms with Crippen LogP contribution in [0.1, 0.15) is 41.4 Å². The van der Waals surface area contributed by atoms with E-state index in [2.05, 4.69) is 57.2 Å². The molecule has 1 aromatic heterocycles. The fraction of sp³-hybridized carbons (Fsp3) is 0.370. The first-order valence-corrected chi connectivity index (χ1v) is 12.4. The SMILES string of the molecule is CC1c2cc3nc(C4C(=O)NC=CC4=NCCc4c(F)c(F)cc(F)c4F)[nH]c3cc2CN1CCN(C)C. The van der Waals surface area contributed by atoms with E-state index < -0.39 is 34.8 Å². The number of benzene rings is 2. The van der Waals surface area contributed by atoms with Crippen molar-refractivity contribution < 1.29 is 22.4 Å². The highest BCUT2D eigenvalue weighted by molar-refractivity contribution is 6.16. The maximum Gasteiger partial charge on any atom is 0.240 e. The van der Waals surface area contributed by atoms with Crippen LogP contribution in [-0.4, -0.2) is 65.1 Å². The fourth-order valence-electron chi connectivity index (χ4n) is 5.02. The summed E-state index contributed by atoms with van der Waals surface area (Å²) >= 11 is 0. The van der Waals surface area contributed by atoms with E-state index in [9.17, 15) is 22.4 Å². The van der Waals surface area contributed by atoms with E-state index in [1.807, 2.05) is 6.07 Å². The number of hydrogen-bond acceptors (Lipinski definition) is 5. The summed E-state index contributed by atoms with van der Waals surface area (Å²) in [6, 6.07) is 4.51. The topological polar surface area (TPSA) is 76.6 Å². The van der Waals surface area contributed by atoms with Crippen LogP contribution >= 0.6 is 0 Å². The number of imidazole rings is 1. The predicted octanol–water partition coefficient (Wildman–Crippen LogP) is 3.97. The number of aromatic nitrogens is 2. The van der Waals surface area contributed by atoms with Crippen molar-refractivity contribution in [3.8, 4) is 0 Å². The van der Waals surface area contributed by atoms with E-state index >= 15 is 0 Å². The zero-order valence-electron chi connectivity index (χ0n) is 21.3. The minimum atomic E-state index is -1.47. The highest BCUT2D eigenvalue weighted by atomic mass is 19.2. The lowest BCUT2D eigenvalue weighted by Crippen LogP contribution is -2.35. The monoisotopic (exact) mass is 528 g/mol. The van der Waals surface area contributed by atoms with Crippen molar-refractivity contribution in [1.29, 1.82) is 0 Å². The van der Waals surface area contributed by atoms with Gasteiger partial charge in [-0.25, -0.2) is 22.5 Å². The van der Waals surface area contributed by atoms with Gasteiger partial charge in [-0.15, -0.1) is 0 Å². The molecule has 2 unspecified atom stereocenters.